The van der Waals surface area contributed by atoms with Crippen LogP contribution in [-0.4, -0.2) is 50.2 Å². The Kier molecular flexibility index (Phi) is 3.31. The number of hydrogen-bond donors (Lipinski definition) is 3. The number of urea groups is 1. The first-order chi connectivity index (χ1) is 5.77. The molecule has 0 atom stereocenters. The van der Waals surface area contributed by atoms with Gasteiger partial charge in [-0.1, -0.05) is 0 Å². The lowest BCUT2D eigenvalue weighted by Gasteiger charge is -2.39. The van der Waals surface area contributed by atoms with E-state index in [0.717, 1.165) is 19.6 Å². The highest BCUT2D eigenvalue weighted by Crippen LogP contribution is 2.06. The van der Waals surface area contributed by atoms with Gasteiger partial charge in [0, 0.05) is 39.3 Å². The molecule has 1 saturated heterocycles. The van der Waals surface area contributed by atoms with Gasteiger partial charge in [0.05, 0.1) is 0 Å². The number of likely N-dealkylation sites (tertiary alicyclic amines) is 1. The summed E-state index contributed by atoms with van der Waals surface area (Å²) in [7, 11) is 1.64. The molecule has 0 spiro atoms. The highest BCUT2D eigenvalue weighted by Gasteiger charge is 2.28. The van der Waals surface area contributed by atoms with Gasteiger partial charge in [0.25, 0.3) is 0 Å². The van der Waals surface area contributed by atoms with Crippen molar-refractivity contribution in [2.24, 2.45) is 5.73 Å². The average molecular weight is 172 g/mol. The number of nitrogens with one attached hydrogen (secondary N) is 2. The highest BCUT2D eigenvalue weighted by atomic mass is 16.2. The molecule has 0 aromatic carbocycles. The largest absolute Gasteiger partial charge is 0.341 e. The van der Waals surface area contributed by atoms with Crippen molar-refractivity contribution >= 4 is 6.03 Å². The zero-order valence-corrected chi connectivity index (χ0v) is 7.34. The molecule has 0 bridgehead atoms. The molecule has 70 valence electrons. The first kappa shape index (κ1) is 9.28. The minimum Gasteiger partial charge on any atom is -0.341 e. The molecule has 0 aromatic rings. The smallest absolute Gasteiger partial charge is 0.317 e. The van der Waals surface area contributed by atoms with Crippen LogP contribution in [0.15, 0.2) is 0 Å². The van der Waals surface area contributed by atoms with Crippen molar-refractivity contribution < 1.29 is 4.79 Å². The number of amides is 2. The van der Waals surface area contributed by atoms with Crippen molar-refractivity contribution in [2.75, 3.05) is 33.2 Å². The summed E-state index contributed by atoms with van der Waals surface area (Å²) < 4.78 is 0. The van der Waals surface area contributed by atoms with E-state index < -0.39 is 0 Å². The van der Waals surface area contributed by atoms with Crippen molar-refractivity contribution in [3.05, 3.63) is 0 Å². The van der Waals surface area contributed by atoms with Gasteiger partial charge in [0.1, 0.15) is 0 Å². The predicted molar refractivity (Wildman–Crippen MR) is 46.9 cm³/mol. The Morgan fingerprint density at radius 1 is 1.67 bits per heavy atom. The number of nitrogens with zero attached hydrogens (tertiary/aromatic N) is 1. The van der Waals surface area contributed by atoms with E-state index in [2.05, 4.69) is 10.6 Å². The van der Waals surface area contributed by atoms with E-state index in [1.807, 2.05) is 0 Å². The van der Waals surface area contributed by atoms with Crippen LogP contribution in [0, 0.1) is 0 Å². The van der Waals surface area contributed by atoms with Crippen LogP contribution in [0.25, 0.3) is 0 Å². The van der Waals surface area contributed by atoms with E-state index in [4.69, 9.17) is 5.73 Å². The molecule has 0 saturated carbocycles. The Balaban J connectivity index is 2.07. The molecule has 0 unspecified atom stereocenters. The number of carbonyl (C=O) groups excluding carboxylic acids is 1. The van der Waals surface area contributed by atoms with Gasteiger partial charge < -0.3 is 21.3 Å². The normalized spacial score (nSPS) is 17.3. The van der Waals surface area contributed by atoms with Gasteiger partial charge in [0.15, 0.2) is 0 Å². The van der Waals surface area contributed by atoms with E-state index in [0.29, 0.717) is 12.6 Å². The molecule has 1 aliphatic rings. The summed E-state index contributed by atoms with van der Waals surface area (Å²) in [5.74, 6) is 0. The van der Waals surface area contributed by atoms with Gasteiger partial charge in [-0.2, -0.15) is 0 Å². The third-order valence-electron chi connectivity index (χ3n) is 1.96. The number of rotatable bonds is 3. The molecule has 1 fully saturated rings. The SMILES string of the molecule is CNC(=O)N1CC(NCCN)C1. The van der Waals surface area contributed by atoms with Crippen molar-refractivity contribution in [1.82, 2.24) is 15.5 Å². The molecule has 12 heavy (non-hydrogen) atoms. The lowest BCUT2D eigenvalue weighted by Crippen LogP contribution is -2.62. The minimum atomic E-state index is 0.000739. The van der Waals surface area contributed by atoms with E-state index in [1.54, 1.807) is 11.9 Å². The van der Waals surface area contributed by atoms with Gasteiger partial charge in [-0.25, -0.2) is 4.79 Å². The summed E-state index contributed by atoms with van der Waals surface area (Å²) in [6, 6.07) is 0.437. The Morgan fingerprint density at radius 3 is 2.83 bits per heavy atom. The van der Waals surface area contributed by atoms with Gasteiger partial charge in [-0.05, 0) is 0 Å². The average Bonchev–Trinajstić information content (AvgIpc) is 2.01. The molecule has 2 amide bonds. The van der Waals surface area contributed by atoms with Crippen LogP contribution in [0.3, 0.4) is 0 Å². The van der Waals surface area contributed by atoms with E-state index in [1.165, 1.54) is 0 Å². The fourth-order valence-corrected chi connectivity index (χ4v) is 1.22. The van der Waals surface area contributed by atoms with Crippen LogP contribution < -0.4 is 16.4 Å². The van der Waals surface area contributed by atoms with Crippen LogP contribution in [0.1, 0.15) is 0 Å². The first-order valence-electron chi connectivity index (χ1n) is 4.18. The molecule has 0 aromatic heterocycles. The summed E-state index contributed by atoms with van der Waals surface area (Å²) in [4.78, 5) is 12.7. The second-order valence-electron chi connectivity index (χ2n) is 2.90. The Bertz CT molecular complexity index is 155. The quantitative estimate of drug-likeness (QED) is 0.488. The molecule has 5 nitrogen and oxygen atoms in total. The summed E-state index contributed by atoms with van der Waals surface area (Å²) in [5.41, 5.74) is 5.32. The second-order valence-corrected chi connectivity index (χ2v) is 2.90. The van der Waals surface area contributed by atoms with Crippen molar-refractivity contribution in [2.45, 2.75) is 6.04 Å². The van der Waals surface area contributed by atoms with Crippen LogP contribution >= 0.6 is 0 Å². The van der Waals surface area contributed by atoms with Crippen LogP contribution in [0.2, 0.25) is 0 Å². The third-order valence-corrected chi connectivity index (χ3v) is 1.96. The maximum Gasteiger partial charge on any atom is 0.317 e. The molecule has 0 aliphatic carbocycles. The zero-order valence-electron chi connectivity index (χ0n) is 7.34. The van der Waals surface area contributed by atoms with Crippen molar-refractivity contribution in [3.63, 3.8) is 0 Å². The lowest BCUT2D eigenvalue weighted by molar-refractivity contribution is 0.140. The van der Waals surface area contributed by atoms with Crippen molar-refractivity contribution in [3.8, 4) is 0 Å². The van der Waals surface area contributed by atoms with Gasteiger partial charge >= 0.3 is 6.03 Å². The predicted octanol–water partition coefficient (Wildman–Crippen LogP) is -1.44. The van der Waals surface area contributed by atoms with Crippen LogP contribution in [0.4, 0.5) is 4.79 Å². The maximum absolute atomic E-state index is 11.0. The van der Waals surface area contributed by atoms with E-state index in [-0.39, 0.29) is 6.03 Å². The maximum atomic E-state index is 11.0. The molecular formula is C7H16N4O. The Morgan fingerprint density at radius 2 is 2.33 bits per heavy atom. The molecule has 4 N–H and O–H groups in total. The summed E-state index contributed by atoms with van der Waals surface area (Å²) in [6.45, 7) is 3.06. The molecular weight excluding hydrogens is 156 g/mol. The van der Waals surface area contributed by atoms with E-state index in [9.17, 15) is 4.79 Å². The summed E-state index contributed by atoms with van der Waals surface area (Å²) in [5, 5.41) is 5.81. The highest BCUT2D eigenvalue weighted by molar-refractivity contribution is 5.74. The van der Waals surface area contributed by atoms with Crippen LogP contribution in [-0.2, 0) is 0 Å². The standard InChI is InChI=1S/C7H16N4O/c1-9-7(12)11-4-6(5-11)10-3-2-8/h6,10H,2-5,8H2,1H3,(H,9,12). The molecule has 0 radical (unpaired) electrons. The zero-order chi connectivity index (χ0) is 8.97. The Labute approximate surface area is 72.3 Å². The second kappa shape index (κ2) is 4.27. The number of carbonyl (C=O) groups is 1. The Hall–Kier alpha value is -0.810. The molecule has 1 aliphatic heterocycles. The topological polar surface area (TPSA) is 70.4 Å². The van der Waals surface area contributed by atoms with E-state index >= 15 is 0 Å². The summed E-state index contributed by atoms with van der Waals surface area (Å²) >= 11 is 0. The number of hydrogen-bond acceptors (Lipinski definition) is 3. The third kappa shape index (κ3) is 2.09. The van der Waals surface area contributed by atoms with Gasteiger partial charge in [0.2, 0.25) is 0 Å². The van der Waals surface area contributed by atoms with Crippen LogP contribution in [0.5, 0.6) is 0 Å². The van der Waals surface area contributed by atoms with Gasteiger partial charge in [-0.3, -0.25) is 0 Å². The molecule has 1 heterocycles. The van der Waals surface area contributed by atoms with Crippen molar-refractivity contribution in [1.29, 1.82) is 0 Å². The minimum absolute atomic E-state index is 0.000739. The molecule has 5 heteroatoms. The van der Waals surface area contributed by atoms with Gasteiger partial charge in [-0.15, -0.1) is 0 Å². The number of nitrogens with two attached hydrogens (primary N) is 1. The fourth-order valence-electron chi connectivity index (χ4n) is 1.22. The molecule has 1 rings (SSSR count). The lowest BCUT2D eigenvalue weighted by atomic mass is 10.1. The fraction of sp³-hybridized carbons (Fsp3) is 0.857. The first-order valence-corrected chi connectivity index (χ1v) is 4.18. The summed E-state index contributed by atoms with van der Waals surface area (Å²) in [6.07, 6.45) is 0. The monoisotopic (exact) mass is 172 g/mol.